The number of hydrogen-bond acceptors (Lipinski definition) is 3. The Balaban J connectivity index is 1.59. The smallest absolute Gasteiger partial charge is 0.287 e. The summed E-state index contributed by atoms with van der Waals surface area (Å²) >= 11 is 0. The minimum atomic E-state index is -0.489. The van der Waals surface area contributed by atoms with E-state index in [-0.39, 0.29) is 12.3 Å². The molecule has 1 heterocycles. The first-order valence-corrected chi connectivity index (χ1v) is 7.36. The van der Waals surface area contributed by atoms with Gasteiger partial charge in [-0.2, -0.15) is 0 Å². The van der Waals surface area contributed by atoms with Crippen LogP contribution in [-0.2, 0) is 4.79 Å². The van der Waals surface area contributed by atoms with E-state index in [1.165, 1.54) is 6.07 Å². The van der Waals surface area contributed by atoms with E-state index in [4.69, 9.17) is 4.42 Å². The minimum Gasteiger partial charge on any atom is -0.451 e. The predicted octanol–water partition coefficient (Wildman–Crippen LogP) is 3.25. The van der Waals surface area contributed by atoms with Crippen molar-refractivity contribution >= 4 is 28.5 Å². The van der Waals surface area contributed by atoms with Crippen LogP contribution in [0.15, 0.2) is 52.9 Å². The second kappa shape index (κ2) is 6.54. The fourth-order valence-corrected chi connectivity index (χ4v) is 2.22. The van der Waals surface area contributed by atoms with Crippen molar-refractivity contribution in [1.29, 1.82) is 0 Å². The van der Waals surface area contributed by atoms with Gasteiger partial charge in [-0.1, -0.05) is 24.3 Å². The second-order valence-electron chi connectivity index (χ2n) is 5.34. The van der Waals surface area contributed by atoms with Crippen LogP contribution in [0.25, 0.3) is 11.0 Å². The first kappa shape index (κ1) is 15.7. The summed E-state index contributed by atoms with van der Waals surface area (Å²) in [5.41, 5.74) is 1.43. The summed E-state index contributed by atoms with van der Waals surface area (Å²) in [4.78, 5) is 23.9. The van der Waals surface area contributed by atoms with Gasteiger partial charge in [-0.25, -0.2) is 4.39 Å². The molecular weight excluding hydrogens is 311 g/mol. The van der Waals surface area contributed by atoms with Crippen molar-refractivity contribution in [1.82, 2.24) is 5.32 Å². The van der Waals surface area contributed by atoms with Gasteiger partial charge in [0.25, 0.3) is 5.91 Å². The van der Waals surface area contributed by atoms with Crippen LogP contribution in [0.2, 0.25) is 0 Å². The number of anilines is 1. The largest absolute Gasteiger partial charge is 0.451 e. The lowest BCUT2D eigenvalue weighted by atomic mass is 10.2. The molecule has 5 nitrogen and oxygen atoms in total. The predicted molar refractivity (Wildman–Crippen MR) is 88.3 cm³/mol. The van der Waals surface area contributed by atoms with E-state index in [0.29, 0.717) is 16.8 Å². The fraction of sp³-hybridized carbons (Fsp3) is 0.111. The van der Waals surface area contributed by atoms with E-state index in [1.54, 1.807) is 31.2 Å². The molecule has 0 unspecified atom stereocenters. The Bertz CT molecular complexity index is 885. The molecule has 0 atom stereocenters. The molecule has 0 fully saturated rings. The van der Waals surface area contributed by atoms with Gasteiger partial charge in [0.2, 0.25) is 5.91 Å². The van der Waals surface area contributed by atoms with Crippen LogP contribution < -0.4 is 10.6 Å². The van der Waals surface area contributed by atoms with Crippen molar-refractivity contribution in [2.45, 2.75) is 6.92 Å². The van der Waals surface area contributed by atoms with Crippen molar-refractivity contribution in [3.05, 3.63) is 65.7 Å². The lowest BCUT2D eigenvalue weighted by Gasteiger charge is -2.07. The van der Waals surface area contributed by atoms with Crippen molar-refractivity contribution in [2.24, 2.45) is 0 Å². The van der Waals surface area contributed by atoms with Gasteiger partial charge >= 0.3 is 0 Å². The van der Waals surface area contributed by atoms with Crippen LogP contribution in [0.3, 0.4) is 0 Å². The Morgan fingerprint density at radius 3 is 2.67 bits per heavy atom. The average Bonchev–Trinajstić information content (AvgIpc) is 3.00. The number of benzene rings is 2. The zero-order chi connectivity index (χ0) is 17.1. The maximum Gasteiger partial charge on any atom is 0.287 e. The molecule has 0 saturated heterocycles. The molecule has 24 heavy (non-hydrogen) atoms. The molecule has 2 aromatic carbocycles. The molecule has 122 valence electrons. The quantitative estimate of drug-likeness (QED) is 0.773. The highest BCUT2D eigenvalue weighted by Crippen LogP contribution is 2.18. The topological polar surface area (TPSA) is 71.3 Å². The molecular formula is C18H15FN2O3. The number of nitrogens with one attached hydrogen (secondary N) is 2. The monoisotopic (exact) mass is 326 g/mol. The van der Waals surface area contributed by atoms with E-state index in [1.807, 2.05) is 18.2 Å². The Kier molecular flexibility index (Phi) is 4.29. The highest BCUT2D eigenvalue weighted by Gasteiger charge is 2.13. The zero-order valence-corrected chi connectivity index (χ0v) is 12.9. The maximum absolute atomic E-state index is 13.4. The Labute approximate surface area is 137 Å². The first-order chi connectivity index (χ1) is 11.5. The number of carbonyl (C=O) groups excluding carboxylic acids is 2. The van der Waals surface area contributed by atoms with Crippen molar-refractivity contribution < 1.29 is 18.4 Å². The molecule has 0 spiro atoms. The number of aryl methyl sites for hydroxylation is 1. The molecule has 0 aliphatic rings. The molecule has 1 aromatic heterocycles. The van der Waals surface area contributed by atoms with Crippen molar-refractivity contribution in [2.75, 3.05) is 11.9 Å². The van der Waals surface area contributed by atoms with Crippen LogP contribution in [0, 0.1) is 12.7 Å². The summed E-state index contributed by atoms with van der Waals surface area (Å²) < 4.78 is 18.8. The fourth-order valence-electron chi connectivity index (χ4n) is 2.22. The van der Waals surface area contributed by atoms with Crippen LogP contribution in [0.5, 0.6) is 0 Å². The van der Waals surface area contributed by atoms with Crippen molar-refractivity contribution in [3.63, 3.8) is 0 Å². The summed E-state index contributed by atoms with van der Waals surface area (Å²) in [6.45, 7) is 1.39. The summed E-state index contributed by atoms with van der Waals surface area (Å²) in [6.07, 6.45) is 0. The number of carbonyl (C=O) groups is 2. The van der Waals surface area contributed by atoms with Crippen LogP contribution in [0.4, 0.5) is 10.1 Å². The van der Waals surface area contributed by atoms with E-state index >= 15 is 0 Å². The highest BCUT2D eigenvalue weighted by molar-refractivity contribution is 6.00. The maximum atomic E-state index is 13.4. The van der Waals surface area contributed by atoms with Crippen molar-refractivity contribution in [3.8, 4) is 0 Å². The number of para-hydroxylation sites is 1. The number of fused-ring (bicyclic) bond motifs is 1. The van der Waals surface area contributed by atoms with Gasteiger partial charge in [-0.15, -0.1) is 0 Å². The summed E-state index contributed by atoms with van der Waals surface area (Å²) in [6, 6.07) is 13.2. The number of rotatable bonds is 4. The molecule has 2 amide bonds. The lowest BCUT2D eigenvalue weighted by molar-refractivity contribution is -0.115. The summed E-state index contributed by atoms with van der Waals surface area (Å²) in [7, 11) is 0. The molecule has 0 saturated carbocycles. The van der Waals surface area contributed by atoms with E-state index < -0.39 is 17.6 Å². The SMILES string of the molecule is Cc1ccc(NC(=O)CNC(=O)c2cc3ccccc3o2)cc1F. The van der Waals surface area contributed by atoms with Gasteiger partial charge in [0.1, 0.15) is 11.4 Å². The molecule has 3 aromatic rings. The van der Waals surface area contributed by atoms with Crippen LogP contribution in [-0.4, -0.2) is 18.4 Å². The second-order valence-corrected chi connectivity index (χ2v) is 5.34. The van der Waals surface area contributed by atoms with Gasteiger partial charge in [0.05, 0.1) is 6.54 Å². The third-order valence-corrected chi connectivity index (χ3v) is 3.51. The van der Waals surface area contributed by atoms with Crippen LogP contribution in [0.1, 0.15) is 16.1 Å². The van der Waals surface area contributed by atoms with Gasteiger partial charge in [-0.05, 0) is 36.8 Å². The van der Waals surface area contributed by atoms with E-state index in [9.17, 15) is 14.0 Å². The minimum absolute atomic E-state index is 0.130. The van der Waals surface area contributed by atoms with E-state index in [2.05, 4.69) is 10.6 Å². The average molecular weight is 326 g/mol. The molecule has 0 aliphatic heterocycles. The zero-order valence-electron chi connectivity index (χ0n) is 12.9. The first-order valence-electron chi connectivity index (χ1n) is 7.36. The third kappa shape index (κ3) is 3.43. The Morgan fingerprint density at radius 1 is 1.12 bits per heavy atom. The molecule has 6 heteroatoms. The van der Waals surface area contributed by atoms with E-state index in [0.717, 1.165) is 5.39 Å². The number of furan rings is 1. The molecule has 0 radical (unpaired) electrons. The van der Waals surface area contributed by atoms with Gasteiger partial charge in [-0.3, -0.25) is 9.59 Å². The molecule has 3 rings (SSSR count). The standard InChI is InChI=1S/C18H15FN2O3/c1-11-6-7-13(9-14(11)19)21-17(22)10-20-18(23)16-8-12-4-2-3-5-15(12)24-16/h2-9H,10H2,1H3,(H,20,23)(H,21,22). The number of amides is 2. The number of hydrogen-bond donors (Lipinski definition) is 2. The van der Waals surface area contributed by atoms with Gasteiger partial charge in [0.15, 0.2) is 5.76 Å². The molecule has 0 bridgehead atoms. The molecule has 2 N–H and O–H groups in total. The van der Waals surface area contributed by atoms with Gasteiger partial charge < -0.3 is 15.1 Å². The Morgan fingerprint density at radius 2 is 1.92 bits per heavy atom. The Hall–Kier alpha value is -3.15. The summed E-state index contributed by atoms with van der Waals surface area (Å²) in [5, 5.41) is 5.79. The normalized spacial score (nSPS) is 10.6. The number of halogens is 1. The van der Waals surface area contributed by atoms with Crippen LogP contribution >= 0.6 is 0 Å². The highest BCUT2D eigenvalue weighted by atomic mass is 19.1. The molecule has 0 aliphatic carbocycles. The summed E-state index contributed by atoms with van der Waals surface area (Å²) in [5.74, 6) is -1.22. The lowest BCUT2D eigenvalue weighted by Crippen LogP contribution is -2.32. The third-order valence-electron chi connectivity index (χ3n) is 3.51. The van der Waals surface area contributed by atoms with Gasteiger partial charge in [0, 0.05) is 11.1 Å².